The van der Waals surface area contributed by atoms with Gasteiger partial charge in [0.2, 0.25) is 15.9 Å². The summed E-state index contributed by atoms with van der Waals surface area (Å²) in [5.41, 5.74) is 2.48. The molecule has 0 fully saturated rings. The fourth-order valence-electron chi connectivity index (χ4n) is 2.08. The average molecular weight is 343 g/mol. The molecule has 2 heterocycles. The van der Waals surface area contributed by atoms with Crippen molar-refractivity contribution in [3.05, 3.63) is 45.8 Å². The molecule has 5 nitrogen and oxygen atoms in total. The molecule has 3 rings (SSSR count). The maximum Gasteiger partial charge on any atom is 0.250 e. The first-order chi connectivity index (χ1) is 9.94. The van der Waals surface area contributed by atoms with E-state index in [0.717, 1.165) is 28.2 Å². The van der Waals surface area contributed by atoms with E-state index in [4.69, 9.17) is 11.6 Å². The van der Waals surface area contributed by atoms with E-state index in [0.29, 0.717) is 10.8 Å². The van der Waals surface area contributed by atoms with Crippen LogP contribution in [0.5, 0.6) is 0 Å². The molecule has 0 aliphatic carbocycles. The molecule has 2 aromatic rings. The van der Waals surface area contributed by atoms with Crippen LogP contribution in [0.4, 0.5) is 5.69 Å². The van der Waals surface area contributed by atoms with Crippen LogP contribution in [-0.4, -0.2) is 14.3 Å². The van der Waals surface area contributed by atoms with Gasteiger partial charge in [0, 0.05) is 12.2 Å². The zero-order chi connectivity index (χ0) is 15.0. The van der Waals surface area contributed by atoms with Crippen molar-refractivity contribution in [2.24, 2.45) is 0 Å². The zero-order valence-electron chi connectivity index (χ0n) is 10.7. The van der Waals surface area contributed by atoms with Gasteiger partial charge in [-0.15, -0.1) is 11.3 Å². The van der Waals surface area contributed by atoms with Gasteiger partial charge in [0.05, 0.1) is 10.8 Å². The minimum Gasteiger partial charge on any atom is -0.326 e. The Hall–Kier alpha value is -1.41. The topological polar surface area (TPSA) is 75.3 Å². The van der Waals surface area contributed by atoms with Gasteiger partial charge in [0.25, 0.3) is 0 Å². The van der Waals surface area contributed by atoms with E-state index in [1.807, 2.05) is 6.07 Å². The third kappa shape index (κ3) is 3.11. The molecule has 1 amide bonds. The number of carbonyl (C=O) groups excluding carboxylic acids is 1. The van der Waals surface area contributed by atoms with E-state index >= 15 is 0 Å². The van der Waals surface area contributed by atoms with E-state index in [1.165, 1.54) is 6.07 Å². The van der Waals surface area contributed by atoms with Crippen LogP contribution in [0, 0.1) is 0 Å². The Labute approximate surface area is 131 Å². The molecule has 1 aromatic carbocycles. The van der Waals surface area contributed by atoms with Crippen molar-refractivity contribution < 1.29 is 13.2 Å². The molecule has 0 unspecified atom stereocenters. The van der Waals surface area contributed by atoms with E-state index in [-0.39, 0.29) is 16.7 Å². The smallest absolute Gasteiger partial charge is 0.250 e. The minimum absolute atomic E-state index is 0.0454. The summed E-state index contributed by atoms with van der Waals surface area (Å²) in [6.45, 7) is 0.166. The van der Waals surface area contributed by atoms with E-state index in [9.17, 15) is 13.2 Å². The van der Waals surface area contributed by atoms with Gasteiger partial charge in [-0.1, -0.05) is 23.7 Å². The second-order valence-electron chi connectivity index (χ2n) is 4.60. The number of anilines is 1. The maximum atomic E-state index is 12.1. The third-order valence-corrected chi connectivity index (χ3v) is 6.20. The molecule has 0 bridgehead atoms. The van der Waals surface area contributed by atoms with Crippen molar-refractivity contribution in [2.45, 2.75) is 17.2 Å². The summed E-state index contributed by atoms with van der Waals surface area (Å²) < 4.78 is 27.3. The molecule has 1 aliphatic rings. The van der Waals surface area contributed by atoms with Crippen molar-refractivity contribution in [3.63, 3.8) is 0 Å². The lowest BCUT2D eigenvalue weighted by Crippen LogP contribution is -2.22. The predicted molar refractivity (Wildman–Crippen MR) is 82.1 cm³/mol. The number of nitrogens with one attached hydrogen (secondary N) is 2. The van der Waals surface area contributed by atoms with Gasteiger partial charge in [0.1, 0.15) is 4.21 Å². The van der Waals surface area contributed by atoms with Gasteiger partial charge in [-0.05, 0) is 29.3 Å². The highest BCUT2D eigenvalue weighted by Crippen LogP contribution is 2.26. The molecule has 0 spiro atoms. The van der Waals surface area contributed by atoms with Crippen LogP contribution in [0.2, 0.25) is 4.34 Å². The molecule has 0 saturated carbocycles. The standard InChI is InChI=1S/C13H11ClN2O3S2/c14-11-3-4-13(20-11)21(18,19)15-7-8-1-2-10-9(5-8)6-12(17)16-10/h1-5,15H,6-7H2,(H,16,17). The van der Waals surface area contributed by atoms with Crippen molar-refractivity contribution in [1.82, 2.24) is 4.72 Å². The van der Waals surface area contributed by atoms with Gasteiger partial charge in [-0.3, -0.25) is 4.79 Å². The summed E-state index contributed by atoms with van der Waals surface area (Å²) in [6.07, 6.45) is 0.330. The summed E-state index contributed by atoms with van der Waals surface area (Å²) in [4.78, 5) is 11.3. The van der Waals surface area contributed by atoms with Crippen molar-refractivity contribution in [3.8, 4) is 0 Å². The third-order valence-electron chi connectivity index (χ3n) is 3.07. The quantitative estimate of drug-likeness (QED) is 0.895. The predicted octanol–water partition coefficient (Wildman–Crippen LogP) is 2.37. The fraction of sp³-hybridized carbons (Fsp3) is 0.154. The highest BCUT2D eigenvalue weighted by molar-refractivity contribution is 7.91. The molecule has 0 saturated heterocycles. The molecule has 1 aliphatic heterocycles. The number of halogens is 1. The Morgan fingerprint density at radius 2 is 2.10 bits per heavy atom. The molecule has 21 heavy (non-hydrogen) atoms. The Kier molecular flexibility index (Phi) is 3.75. The second kappa shape index (κ2) is 5.42. The number of amides is 1. The zero-order valence-corrected chi connectivity index (χ0v) is 13.1. The second-order valence-corrected chi connectivity index (χ2v) is 8.31. The Morgan fingerprint density at radius 1 is 1.29 bits per heavy atom. The van der Waals surface area contributed by atoms with Crippen LogP contribution in [0.25, 0.3) is 0 Å². The molecule has 8 heteroatoms. The summed E-state index contributed by atoms with van der Waals surface area (Å²) in [6, 6.07) is 8.42. The molecule has 0 atom stereocenters. The normalized spacial score (nSPS) is 14.0. The minimum atomic E-state index is -3.56. The summed E-state index contributed by atoms with van der Waals surface area (Å²) in [7, 11) is -3.56. The SMILES string of the molecule is O=C1Cc2cc(CNS(=O)(=O)c3ccc(Cl)s3)ccc2N1. The van der Waals surface area contributed by atoms with Crippen LogP contribution in [0.3, 0.4) is 0 Å². The van der Waals surface area contributed by atoms with Crippen molar-refractivity contribution in [1.29, 1.82) is 0 Å². The molecule has 0 radical (unpaired) electrons. The summed E-state index contributed by atoms with van der Waals surface area (Å²) in [5.74, 6) is -0.0454. The van der Waals surface area contributed by atoms with Crippen LogP contribution in [0.1, 0.15) is 11.1 Å². The highest BCUT2D eigenvalue weighted by atomic mass is 35.5. The molecule has 2 N–H and O–H groups in total. The number of thiophene rings is 1. The van der Waals surface area contributed by atoms with Gasteiger partial charge in [-0.2, -0.15) is 0 Å². The number of rotatable bonds is 4. The van der Waals surface area contributed by atoms with Crippen molar-refractivity contribution in [2.75, 3.05) is 5.32 Å². The van der Waals surface area contributed by atoms with Gasteiger partial charge < -0.3 is 5.32 Å². The van der Waals surface area contributed by atoms with Crippen molar-refractivity contribution >= 4 is 44.6 Å². The Bertz CT molecular complexity index is 815. The van der Waals surface area contributed by atoms with Gasteiger partial charge >= 0.3 is 0 Å². The first-order valence-corrected chi connectivity index (χ1v) is 8.78. The van der Waals surface area contributed by atoms with E-state index < -0.39 is 10.0 Å². The number of hydrogen-bond donors (Lipinski definition) is 2. The first-order valence-electron chi connectivity index (χ1n) is 6.11. The molecule has 110 valence electrons. The largest absolute Gasteiger partial charge is 0.326 e. The number of fused-ring (bicyclic) bond motifs is 1. The van der Waals surface area contributed by atoms with Crippen LogP contribution < -0.4 is 10.0 Å². The fourth-order valence-corrected chi connectivity index (χ4v) is 4.63. The summed E-state index contributed by atoms with van der Waals surface area (Å²) in [5, 5.41) is 2.73. The number of benzene rings is 1. The lowest BCUT2D eigenvalue weighted by atomic mass is 10.1. The molecular weight excluding hydrogens is 332 g/mol. The Morgan fingerprint density at radius 3 is 2.81 bits per heavy atom. The van der Waals surface area contributed by atoms with Gasteiger partial charge in [0.15, 0.2) is 0 Å². The monoisotopic (exact) mass is 342 g/mol. The van der Waals surface area contributed by atoms with E-state index in [2.05, 4.69) is 10.0 Å². The number of sulfonamides is 1. The maximum absolute atomic E-state index is 12.1. The van der Waals surface area contributed by atoms with Crippen LogP contribution in [-0.2, 0) is 27.8 Å². The molecular formula is C13H11ClN2O3S2. The molecule has 1 aromatic heterocycles. The summed E-state index contributed by atoms with van der Waals surface area (Å²) >= 11 is 6.76. The number of hydrogen-bond acceptors (Lipinski definition) is 4. The first kappa shape index (κ1) is 14.5. The average Bonchev–Trinajstić information content (AvgIpc) is 3.01. The van der Waals surface area contributed by atoms with Crippen LogP contribution >= 0.6 is 22.9 Å². The highest BCUT2D eigenvalue weighted by Gasteiger charge is 2.19. The van der Waals surface area contributed by atoms with Gasteiger partial charge in [-0.25, -0.2) is 13.1 Å². The van der Waals surface area contributed by atoms with E-state index in [1.54, 1.807) is 18.2 Å². The Balaban J connectivity index is 1.74. The lowest BCUT2D eigenvalue weighted by molar-refractivity contribution is -0.115. The number of carbonyl (C=O) groups is 1. The lowest BCUT2D eigenvalue weighted by Gasteiger charge is -2.06. The van der Waals surface area contributed by atoms with Crippen LogP contribution in [0.15, 0.2) is 34.5 Å².